The Kier molecular flexibility index (Phi) is 5.99. The fraction of sp³-hybridized carbons (Fsp3) is 0.429. The monoisotopic (exact) mass is 487 g/mol. The van der Waals surface area contributed by atoms with Crippen molar-refractivity contribution in [2.24, 2.45) is 0 Å². The standard InChI is InChI=1S/C21H24BrClFNO2S/c1-12-17-16(11-15(24)19(23)18(17)22)27-21(12,14-9-7-6-8-10-14)13(2)25-28(26)20(3,4)5/h6-13,25H,1-5H3/t12-,13?,21+,28?/m0/s1. The van der Waals surface area contributed by atoms with E-state index in [-0.39, 0.29) is 17.0 Å². The molecule has 28 heavy (non-hydrogen) atoms. The van der Waals surface area contributed by atoms with Gasteiger partial charge >= 0.3 is 0 Å². The fourth-order valence-electron chi connectivity index (χ4n) is 3.71. The molecule has 1 heterocycles. The van der Waals surface area contributed by atoms with E-state index >= 15 is 0 Å². The van der Waals surface area contributed by atoms with Gasteiger partial charge in [-0.3, -0.25) is 0 Å². The van der Waals surface area contributed by atoms with Crippen LogP contribution in [0.15, 0.2) is 40.9 Å². The highest BCUT2D eigenvalue weighted by Gasteiger charge is 2.53. The van der Waals surface area contributed by atoms with Crippen molar-refractivity contribution in [3.63, 3.8) is 0 Å². The molecule has 0 saturated carbocycles. The van der Waals surface area contributed by atoms with Crippen LogP contribution in [0.3, 0.4) is 0 Å². The molecule has 0 radical (unpaired) electrons. The van der Waals surface area contributed by atoms with Gasteiger partial charge in [0.15, 0.2) is 5.60 Å². The Labute approximate surface area is 181 Å². The van der Waals surface area contributed by atoms with Crippen LogP contribution < -0.4 is 9.46 Å². The number of fused-ring (bicyclic) bond motifs is 1. The largest absolute Gasteiger partial charge is 0.480 e. The van der Waals surface area contributed by atoms with E-state index in [1.165, 1.54) is 6.07 Å². The molecule has 2 aromatic carbocycles. The van der Waals surface area contributed by atoms with E-state index < -0.39 is 27.2 Å². The number of rotatable bonds is 4. The third kappa shape index (κ3) is 3.53. The zero-order valence-corrected chi connectivity index (χ0v) is 19.6. The Balaban J connectivity index is 2.15. The molecule has 1 aliphatic rings. The minimum Gasteiger partial charge on any atom is -0.480 e. The topological polar surface area (TPSA) is 38.3 Å². The first-order chi connectivity index (χ1) is 13.0. The normalized spacial score (nSPS) is 23.8. The molecule has 0 saturated heterocycles. The lowest BCUT2D eigenvalue weighted by atomic mass is 9.76. The second-order valence-electron chi connectivity index (χ2n) is 8.10. The predicted molar refractivity (Wildman–Crippen MR) is 117 cm³/mol. The van der Waals surface area contributed by atoms with Gasteiger partial charge in [0.25, 0.3) is 0 Å². The van der Waals surface area contributed by atoms with Crippen molar-refractivity contribution in [2.45, 2.75) is 56.9 Å². The zero-order chi connectivity index (χ0) is 20.9. The summed E-state index contributed by atoms with van der Waals surface area (Å²) < 4.78 is 36.8. The Morgan fingerprint density at radius 2 is 1.93 bits per heavy atom. The van der Waals surface area contributed by atoms with Gasteiger partial charge in [-0.05, 0) is 49.2 Å². The third-order valence-corrected chi connectivity index (χ3v) is 8.33. The van der Waals surface area contributed by atoms with Crippen LogP contribution in [-0.2, 0) is 16.6 Å². The molecule has 0 fully saturated rings. The number of ether oxygens (including phenoxy) is 1. The lowest BCUT2D eigenvalue weighted by Gasteiger charge is -2.40. The second-order valence-corrected chi connectivity index (χ2v) is 11.3. The average Bonchev–Trinajstić information content (AvgIpc) is 2.93. The van der Waals surface area contributed by atoms with Crippen LogP contribution in [0.2, 0.25) is 5.02 Å². The van der Waals surface area contributed by atoms with Crippen molar-refractivity contribution in [1.82, 2.24) is 4.72 Å². The first kappa shape index (κ1) is 21.8. The molecular formula is C21H24BrClFNO2S. The van der Waals surface area contributed by atoms with Gasteiger partial charge < -0.3 is 4.74 Å². The Morgan fingerprint density at radius 1 is 1.32 bits per heavy atom. The summed E-state index contributed by atoms with van der Waals surface area (Å²) in [4.78, 5) is 0. The summed E-state index contributed by atoms with van der Waals surface area (Å²) >= 11 is 9.59. The van der Waals surface area contributed by atoms with Crippen molar-refractivity contribution in [1.29, 1.82) is 0 Å². The molecule has 0 spiro atoms. The van der Waals surface area contributed by atoms with Crippen LogP contribution in [-0.4, -0.2) is 15.0 Å². The predicted octanol–water partition coefficient (Wildman–Crippen LogP) is 6.07. The van der Waals surface area contributed by atoms with Gasteiger partial charge in [0.2, 0.25) is 0 Å². The molecule has 152 valence electrons. The van der Waals surface area contributed by atoms with Crippen LogP contribution >= 0.6 is 27.5 Å². The van der Waals surface area contributed by atoms with Crippen molar-refractivity contribution >= 4 is 38.5 Å². The van der Waals surface area contributed by atoms with E-state index in [4.69, 9.17) is 16.3 Å². The maximum Gasteiger partial charge on any atom is 0.157 e. The van der Waals surface area contributed by atoms with Crippen LogP contribution in [0.4, 0.5) is 4.39 Å². The molecule has 0 amide bonds. The third-order valence-electron chi connectivity index (χ3n) is 5.23. The summed E-state index contributed by atoms with van der Waals surface area (Å²) in [6, 6.07) is 10.8. The van der Waals surface area contributed by atoms with Gasteiger partial charge in [-0.15, -0.1) is 0 Å². The van der Waals surface area contributed by atoms with Crippen molar-refractivity contribution < 1.29 is 13.3 Å². The average molecular weight is 489 g/mol. The summed E-state index contributed by atoms with van der Waals surface area (Å²) in [5.74, 6) is -0.264. The lowest BCUT2D eigenvalue weighted by molar-refractivity contribution is 0.0414. The van der Waals surface area contributed by atoms with Crippen molar-refractivity contribution in [2.75, 3.05) is 0 Å². The van der Waals surface area contributed by atoms with Crippen LogP contribution in [0, 0.1) is 5.82 Å². The Bertz CT molecular complexity index is 919. The summed E-state index contributed by atoms with van der Waals surface area (Å²) in [7, 11) is -1.30. The highest BCUT2D eigenvalue weighted by atomic mass is 79.9. The molecule has 0 aliphatic carbocycles. The van der Waals surface area contributed by atoms with Crippen LogP contribution in [0.5, 0.6) is 5.75 Å². The highest BCUT2D eigenvalue weighted by Crippen LogP contribution is 2.56. The van der Waals surface area contributed by atoms with Crippen molar-refractivity contribution in [3.8, 4) is 5.75 Å². The molecule has 1 aliphatic heterocycles. The van der Waals surface area contributed by atoms with E-state index in [0.29, 0.717) is 10.2 Å². The molecular weight excluding hydrogens is 465 g/mol. The first-order valence-electron chi connectivity index (χ1n) is 9.10. The number of halogens is 3. The summed E-state index contributed by atoms with van der Waals surface area (Å²) in [6.45, 7) is 9.72. The van der Waals surface area contributed by atoms with Gasteiger partial charge in [-0.1, -0.05) is 48.9 Å². The number of hydrogen-bond donors (Lipinski definition) is 1. The van der Waals surface area contributed by atoms with E-state index in [1.807, 2.05) is 65.0 Å². The van der Waals surface area contributed by atoms with E-state index in [0.717, 1.165) is 11.1 Å². The van der Waals surface area contributed by atoms with Gasteiger partial charge in [-0.25, -0.2) is 13.3 Å². The zero-order valence-electron chi connectivity index (χ0n) is 16.5. The lowest BCUT2D eigenvalue weighted by Crippen LogP contribution is -2.54. The first-order valence-corrected chi connectivity index (χ1v) is 11.4. The van der Waals surface area contributed by atoms with Gasteiger partial charge in [0.1, 0.15) is 11.6 Å². The minimum absolute atomic E-state index is 0.0388. The molecule has 2 unspecified atom stereocenters. The highest BCUT2D eigenvalue weighted by molar-refractivity contribution is 9.10. The van der Waals surface area contributed by atoms with Gasteiger partial charge in [0, 0.05) is 22.0 Å². The van der Waals surface area contributed by atoms with Gasteiger partial charge in [0.05, 0.1) is 26.8 Å². The van der Waals surface area contributed by atoms with E-state index in [2.05, 4.69) is 20.7 Å². The number of hydrogen-bond acceptors (Lipinski definition) is 2. The molecule has 2 aromatic rings. The number of nitrogens with one attached hydrogen (secondary N) is 1. The summed E-state index contributed by atoms with van der Waals surface area (Å²) in [5.41, 5.74) is 0.864. The molecule has 0 aromatic heterocycles. The van der Waals surface area contributed by atoms with Crippen LogP contribution in [0.25, 0.3) is 0 Å². The Hall–Kier alpha value is -0.950. The second kappa shape index (κ2) is 7.71. The Morgan fingerprint density at radius 3 is 2.50 bits per heavy atom. The molecule has 3 nitrogen and oxygen atoms in total. The smallest absolute Gasteiger partial charge is 0.157 e. The molecule has 3 rings (SSSR count). The molecule has 0 bridgehead atoms. The van der Waals surface area contributed by atoms with Crippen LogP contribution in [0.1, 0.15) is 51.7 Å². The SMILES string of the molecule is CC(NS(=O)C(C)(C)C)[C@]1(c2ccccc2)Oc2cc(F)c(Cl)c(Br)c2[C@@H]1C. The maximum absolute atomic E-state index is 14.3. The summed E-state index contributed by atoms with van der Waals surface area (Å²) in [5, 5.41) is 0.0388. The molecule has 1 N–H and O–H groups in total. The minimum atomic E-state index is -1.30. The van der Waals surface area contributed by atoms with Gasteiger partial charge in [-0.2, -0.15) is 0 Å². The number of benzene rings is 2. The quantitative estimate of drug-likeness (QED) is 0.530. The van der Waals surface area contributed by atoms with E-state index in [1.54, 1.807) is 0 Å². The van der Waals surface area contributed by atoms with E-state index in [9.17, 15) is 8.60 Å². The molecule has 4 atom stereocenters. The fourth-order valence-corrected chi connectivity index (χ4v) is 5.44. The maximum atomic E-state index is 14.3. The molecule has 7 heteroatoms. The summed E-state index contributed by atoms with van der Waals surface area (Å²) in [6.07, 6.45) is 0. The van der Waals surface area contributed by atoms with Crippen molar-refractivity contribution in [3.05, 3.63) is 62.8 Å².